The summed E-state index contributed by atoms with van der Waals surface area (Å²) in [7, 11) is 0. The maximum absolute atomic E-state index is 11.9. The molecule has 0 aromatic heterocycles. The summed E-state index contributed by atoms with van der Waals surface area (Å²) >= 11 is 3.42. The molecule has 0 aliphatic heterocycles. The molecule has 1 amide bonds. The van der Waals surface area contributed by atoms with Crippen LogP contribution in [0.1, 0.15) is 42.6 Å². The van der Waals surface area contributed by atoms with Crippen molar-refractivity contribution >= 4 is 33.3 Å². The fourth-order valence-corrected chi connectivity index (χ4v) is 2.69. The Hall–Kier alpha value is -2.14. The van der Waals surface area contributed by atoms with Gasteiger partial charge in [0, 0.05) is 16.6 Å². The van der Waals surface area contributed by atoms with Gasteiger partial charge in [-0.1, -0.05) is 35.0 Å². The number of ether oxygens (including phenoxy) is 1. The standard InChI is InChI=1S/C19H20BrNO3/c1-3-5-19(23)21-16-8-9-18(17(11-16)13(2)22)24-12-14-6-4-7-15(20)10-14/h4,6-11H,3,5,12H2,1-2H3,(H,21,23). The number of carbonyl (C=O) groups excluding carboxylic acids is 2. The predicted octanol–water partition coefficient (Wildman–Crippen LogP) is 4.97. The van der Waals surface area contributed by atoms with Crippen LogP contribution in [0.25, 0.3) is 0 Å². The highest BCUT2D eigenvalue weighted by atomic mass is 79.9. The molecule has 1 N–H and O–H groups in total. The van der Waals surface area contributed by atoms with Gasteiger partial charge in [-0.25, -0.2) is 0 Å². The Balaban J connectivity index is 2.14. The summed E-state index contributed by atoms with van der Waals surface area (Å²) in [6.45, 7) is 3.79. The number of halogens is 1. The van der Waals surface area contributed by atoms with Crippen molar-refractivity contribution in [3.05, 3.63) is 58.1 Å². The van der Waals surface area contributed by atoms with Gasteiger partial charge < -0.3 is 10.1 Å². The van der Waals surface area contributed by atoms with Crippen LogP contribution in [-0.4, -0.2) is 11.7 Å². The molecule has 0 aliphatic rings. The molecule has 0 saturated heterocycles. The third kappa shape index (κ3) is 5.20. The van der Waals surface area contributed by atoms with E-state index in [9.17, 15) is 9.59 Å². The monoisotopic (exact) mass is 389 g/mol. The SMILES string of the molecule is CCCC(=O)Nc1ccc(OCc2cccc(Br)c2)c(C(C)=O)c1. The number of Topliss-reactive ketones (excluding diaryl/α,β-unsaturated/α-hetero) is 1. The van der Waals surface area contributed by atoms with Crippen molar-refractivity contribution in [3.8, 4) is 5.75 Å². The molecule has 5 heteroatoms. The zero-order chi connectivity index (χ0) is 17.5. The summed E-state index contributed by atoms with van der Waals surface area (Å²) in [5, 5.41) is 2.79. The second-order valence-corrected chi connectivity index (χ2v) is 6.40. The van der Waals surface area contributed by atoms with E-state index in [4.69, 9.17) is 4.74 Å². The second kappa shape index (κ2) is 8.64. The molecule has 0 atom stereocenters. The Morgan fingerprint density at radius 1 is 1.17 bits per heavy atom. The lowest BCUT2D eigenvalue weighted by atomic mass is 10.1. The van der Waals surface area contributed by atoms with Crippen molar-refractivity contribution in [2.75, 3.05) is 5.32 Å². The third-order valence-electron chi connectivity index (χ3n) is 3.40. The average Bonchev–Trinajstić information content (AvgIpc) is 2.53. The molecule has 126 valence electrons. The maximum atomic E-state index is 11.9. The van der Waals surface area contributed by atoms with E-state index in [0.717, 1.165) is 16.5 Å². The number of ketones is 1. The van der Waals surface area contributed by atoms with Crippen LogP contribution in [0.2, 0.25) is 0 Å². The van der Waals surface area contributed by atoms with Crippen molar-refractivity contribution in [1.29, 1.82) is 0 Å². The number of hydrogen-bond donors (Lipinski definition) is 1. The van der Waals surface area contributed by atoms with Crippen LogP contribution in [0.4, 0.5) is 5.69 Å². The average molecular weight is 390 g/mol. The first-order valence-electron chi connectivity index (χ1n) is 7.81. The minimum Gasteiger partial charge on any atom is -0.488 e. The predicted molar refractivity (Wildman–Crippen MR) is 98.5 cm³/mol. The Kier molecular flexibility index (Phi) is 6.55. The number of anilines is 1. The van der Waals surface area contributed by atoms with E-state index in [1.165, 1.54) is 6.92 Å². The molecule has 0 saturated carbocycles. The van der Waals surface area contributed by atoms with Crippen LogP contribution in [-0.2, 0) is 11.4 Å². The van der Waals surface area contributed by atoms with Gasteiger partial charge in [0.2, 0.25) is 5.91 Å². The summed E-state index contributed by atoms with van der Waals surface area (Å²) in [4.78, 5) is 23.6. The topological polar surface area (TPSA) is 55.4 Å². The van der Waals surface area contributed by atoms with E-state index in [1.807, 2.05) is 31.2 Å². The first-order chi connectivity index (χ1) is 11.5. The fraction of sp³-hybridized carbons (Fsp3) is 0.263. The van der Waals surface area contributed by atoms with Gasteiger partial charge in [-0.3, -0.25) is 9.59 Å². The Morgan fingerprint density at radius 2 is 1.96 bits per heavy atom. The first kappa shape index (κ1) is 18.2. The molecule has 24 heavy (non-hydrogen) atoms. The number of hydrogen-bond acceptors (Lipinski definition) is 3. The molecular weight excluding hydrogens is 370 g/mol. The normalized spacial score (nSPS) is 10.3. The smallest absolute Gasteiger partial charge is 0.224 e. The van der Waals surface area contributed by atoms with Gasteiger partial charge in [-0.2, -0.15) is 0 Å². The van der Waals surface area contributed by atoms with Crippen LogP contribution in [0.5, 0.6) is 5.75 Å². The fourth-order valence-electron chi connectivity index (χ4n) is 2.25. The number of carbonyl (C=O) groups is 2. The minimum absolute atomic E-state index is 0.0604. The molecule has 2 aromatic carbocycles. The quantitative estimate of drug-likeness (QED) is 0.680. The Morgan fingerprint density at radius 3 is 2.62 bits per heavy atom. The van der Waals surface area contributed by atoms with E-state index >= 15 is 0 Å². The van der Waals surface area contributed by atoms with Crippen LogP contribution in [0.15, 0.2) is 46.9 Å². The molecule has 0 aliphatic carbocycles. The van der Waals surface area contributed by atoms with Gasteiger partial charge >= 0.3 is 0 Å². The summed E-state index contributed by atoms with van der Waals surface area (Å²) < 4.78 is 6.77. The molecule has 4 nitrogen and oxygen atoms in total. The van der Waals surface area contributed by atoms with Gasteiger partial charge in [0.15, 0.2) is 5.78 Å². The maximum Gasteiger partial charge on any atom is 0.224 e. The Labute approximate surface area is 150 Å². The van der Waals surface area contributed by atoms with Gasteiger partial charge in [-0.05, 0) is 49.2 Å². The summed E-state index contributed by atoms with van der Waals surface area (Å²) in [5.74, 6) is 0.344. The van der Waals surface area contributed by atoms with Crippen LogP contribution >= 0.6 is 15.9 Å². The highest BCUT2D eigenvalue weighted by Gasteiger charge is 2.11. The zero-order valence-corrected chi connectivity index (χ0v) is 15.4. The van der Waals surface area contributed by atoms with E-state index in [1.54, 1.807) is 18.2 Å². The summed E-state index contributed by atoms with van der Waals surface area (Å²) in [6, 6.07) is 12.9. The molecule has 2 rings (SSSR count). The van der Waals surface area contributed by atoms with Gasteiger partial charge in [0.1, 0.15) is 12.4 Å². The van der Waals surface area contributed by atoms with E-state index in [0.29, 0.717) is 30.0 Å². The highest BCUT2D eigenvalue weighted by molar-refractivity contribution is 9.10. The zero-order valence-electron chi connectivity index (χ0n) is 13.8. The number of rotatable bonds is 7. The van der Waals surface area contributed by atoms with Crippen molar-refractivity contribution in [1.82, 2.24) is 0 Å². The molecular formula is C19H20BrNO3. The highest BCUT2D eigenvalue weighted by Crippen LogP contribution is 2.25. The number of amides is 1. The van der Waals surface area contributed by atoms with Crippen molar-refractivity contribution in [3.63, 3.8) is 0 Å². The Bertz CT molecular complexity index is 743. The summed E-state index contributed by atoms with van der Waals surface area (Å²) in [5.41, 5.74) is 2.06. The molecule has 0 fully saturated rings. The van der Waals surface area contributed by atoms with Crippen molar-refractivity contribution in [2.45, 2.75) is 33.3 Å². The van der Waals surface area contributed by atoms with Crippen LogP contribution in [0, 0.1) is 0 Å². The summed E-state index contributed by atoms with van der Waals surface area (Å²) in [6.07, 6.45) is 1.23. The van der Waals surface area contributed by atoms with Gasteiger partial charge in [0.25, 0.3) is 0 Å². The largest absolute Gasteiger partial charge is 0.488 e. The molecule has 0 heterocycles. The first-order valence-corrected chi connectivity index (χ1v) is 8.61. The third-order valence-corrected chi connectivity index (χ3v) is 3.90. The van der Waals surface area contributed by atoms with E-state index < -0.39 is 0 Å². The van der Waals surface area contributed by atoms with E-state index in [-0.39, 0.29) is 11.7 Å². The molecule has 0 spiro atoms. The number of benzene rings is 2. The van der Waals surface area contributed by atoms with Crippen molar-refractivity contribution < 1.29 is 14.3 Å². The van der Waals surface area contributed by atoms with Gasteiger partial charge in [0.05, 0.1) is 5.56 Å². The van der Waals surface area contributed by atoms with Crippen LogP contribution < -0.4 is 10.1 Å². The molecule has 2 aromatic rings. The lowest BCUT2D eigenvalue weighted by Crippen LogP contribution is -2.11. The molecule has 0 unspecified atom stereocenters. The van der Waals surface area contributed by atoms with E-state index in [2.05, 4.69) is 21.2 Å². The number of nitrogens with one attached hydrogen (secondary N) is 1. The molecule has 0 radical (unpaired) electrons. The molecule has 0 bridgehead atoms. The second-order valence-electron chi connectivity index (χ2n) is 5.48. The lowest BCUT2D eigenvalue weighted by Gasteiger charge is -2.12. The minimum atomic E-state index is -0.106. The van der Waals surface area contributed by atoms with Gasteiger partial charge in [-0.15, -0.1) is 0 Å². The van der Waals surface area contributed by atoms with Crippen molar-refractivity contribution in [2.24, 2.45) is 0 Å². The van der Waals surface area contributed by atoms with Crippen LogP contribution in [0.3, 0.4) is 0 Å². The lowest BCUT2D eigenvalue weighted by molar-refractivity contribution is -0.116.